The van der Waals surface area contributed by atoms with Gasteiger partial charge in [0.25, 0.3) is 5.91 Å². The number of pyridine rings is 1. The highest BCUT2D eigenvalue weighted by molar-refractivity contribution is 5.99. The number of esters is 5. The standard InChI is InChI=1S/C31H36N2O12/c1-16(2)28(36)44-25-17(3)43-31(39)22(15-41-30(38)21(25)14-20-10-8-7-9-11-20)33-27(35)24-26(23(40-6)12-13-32-24)45-29(37)18(4)42-19(5)34/h7-13,16-18,21-22,25H,14-15H2,1-6H3,(H,33,35)/t17-,18-,21+,22-,25-/m0/s1. The van der Waals surface area contributed by atoms with E-state index in [1.807, 2.05) is 6.07 Å². The molecular weight excluding hydrogens is 592 g/mol. The fourth-order valence-electron chi connectivity index (χ4n) is 4.31. The smallest absolute Gasteiger partial charge is 0.352 e. The second kappa shape index (κ2) is 15.6. The molecular formula is C31H36N2O12. The third kappa shape index (κ3) is 9.24. The number of rotatable bonds is 10. The van der Waals surface area contributed by atoms with Crippen LogP contribution in [-0.2, 0) is 49.3 Å². The highest BCUT2D eigenvalue weighted by Crippen LogP contribution is 2.30. The van der Waals surface area contributed by atoms with Gasteiger partial charge in [0.05, 0.1) is 13.0 Å². The Hall–Kier alpha value is -5.01. The van der Waals surface area contributed by atoms with Crippen molar-refractivity contribution >= 4 is 35.8 Å². The van der Waals surface area contributed by atoms with Gasteiger partial charge in [0, 0.05) is 19.2 Å². The number of hydrogen-bond donors (Lipinski definition) is 1. The molecule has 242 valence electrons. The summed E-state index contributed by atoms with van der Waals surface area (Å²) in [6, 6.07) is 8.75. The van der Waals surface area contributed by atoms with Crippen LogP contribution in [0, 0.1) is 11.8 Å². The molecule has 0 unspecified atom stereocenters. The summed E-state index contributed by atoms with van der Waals surface area (Å²) in [4.78, 5) is 80.5. The molecule has 14 nitrogen and oxygen atoms in total. The number of carbonyl (C=O) groups excluding carboxylic acids is 6. The molecule has 1 amide bonds. The van der Waals surface area contributed by atoms with Crippen molar-refractivity contribution in [1.82, 2.24) is 10.3 Å². The maximum Gasteiger partial charge on any atom is 0.352 e. The third-order valence-electron chi connectivity index (χ3n) is 6.65. The van der Waals surface area contributed by atoms with Gasteiger partial charge in [-0.2, -0.15) is 0 Å². The van der Waals surface area contributed by atoms with E-state index in [0.717, 1.165) is 12.5 Å². The summed E-state index contributed by atoms with van der Waals surface area (Å²) in [5.41, 5.74) is 0.289. The Balaban J connectivity index is 1.89. The molecule has 1 N–H and O–H groups in total. The second-order valence-electron chi connectivity index (χ2n) is 10.5. The monoisotopic (exact) mass is 628 g/mol. The summed E-state index contributed by atoms with van der Waals surface area (Å²) in [6.45, 7) is 6.47. The van der Waals surface area contributed by atoms with E-state index in [9.17, 15) is 28.8 Å². The molecule has 0 bridgehead atoms. The molecule has 0 saturated carbocycles. The number of methoxy groups -OCH3 is 1. The molecule has 45 heavy (non-hydrogen) atoms. The van der Waals surface area contributed by atoms with Gasteiger partial charge in [-0.25, -0.2) is 14.6 Å². The molecule has 3 rings (SSSR count). The first-order chi connectivity index (χ1) is 21.3. The summed E-state index contributed by atoms with van der Waals surface area (Å²) in [6.07, 6.45) is -2.32. The summed E-state index contributed by atoms with van der Waals surface area (Å²) < 4.78 is 32.0. The van der Waals surface area contributed by atoms with Crippen LogP contribution in [0.15, 0.2) is 42.6 Å². The van der Waals surface area contributed by atoms with E-state index in [-0.39, 0.29) is 12.2 Å². The van der Waals surface area contributed by atoms with Gasteiger partial charge in [0.1, 0.15) is 18.6 Å². The van der Waals surface area contributed by atoms with E-state index < -0.39 is 90.0 Å². The summed E-state index contributed by atoms with van der Waals surface area (Å²) in [5.74, 6) is -7.18. The number of benzene rings is 1. The molecule has 14 heteroatoms. The largest absolute Gasteiger partial charge is 0.493 e. The lowest BCUT2D eigenvalue weighted by Gasteiger charge is -2.29. The zero-order chi connectivity index (χ0) is 33.3. The van der Waals surface area contributed by atoms with Crippen molar-refractivity contribution in [3.05, 3.63) is 53.9 Å². The second-order valence-corrected chi connectivity index (χ2v) is 10.5. The van der Waals surface area contributed by atoms with Gasteiger partial charge in [-0.1, -0.05) is 44.2 Å². The number of aromatic nitrogens is 1. The Morgan fingerprint density at radius 2 is 1.71 bits per heavy atom. The molecule has 2 heterocycles. The van der Waals surface area contributed by atoms with Crippen molar-refractivity contribution in [3.63, 3.8) is 0 Å². The first kappa shape index (κ1) is 34.5. The van der Waals surface area contributed by atoms with Crippen LogP contribution in [-0.4, -0.2) is 78.8 Å². The first-order valence-corrected chi connectivity index (χ1v) is 14.2. The quantitative estimate of drug-likeness (QED) is 0.298. The van der Waals surface area contributed by atoms with Gasteiger partial charge < -0.3 is 33.7 Å². The Bertz CT molecular complexity index is 1410. The lowest BCUT2D eigenvalue weighted by Crippen LogP contribution is -2.47. The minimum absolute atomic E-state index is 0.0609. The number of hydrogen-bond acceptors (Lipinski definition) is 13. The molecule has 1 fully saturated rings. The first-order valence-electron chi connectivity index (χ1n) is 14.2. The van der Waals surface area contributed by atoms with Crippen LogP contribution < -0.4 is 14.8 Å². The topological polar surface area (TPSA) is 183 Å². The Labute approximate surface area is 259 Å². The minimum atomic E-state index is -1.53. The molecule has 1 aromatic heterocycles. The highest BCUT2D eigenvalue weighted by atomic mass is 16.6. The van der Waals surface area contributed by atoms with Gasteiger partial charge in [-0.3, -0.25) is 19.2 Å². The Morgan fingerprint density at radius 3 is 2.33 bits per heavy atom. The van der Waals surface area contributed by atoms with Crippen molar-refractivity contribution in [2.45, 2.75) is 65.4 Å². The van der Waals surface area contributed by atoms with E-state index in [1.165, 1.54) is 33.2 Å². The number of ether oxygens (including phenoxy) is 6. The molecule has 1 aromatic carbocycles. The highest BCUT2D eigenvalue weighted by Gasteiger charge is 2.42. The summed E-state index contributed by atoms with van der Waals surface area (Å²) >= 11 is 0. The van der Waals surface area contributed by atoms with E-state index in [4.69, 9.17) is 28.4 Å². The van der Waals surface area contributed by atoms with E-state index in [1.54, 1.807) is 38.1 Å². The molecule has 2 aromatic rings. The average molecular weight is 629 g/mol. The van der Waals surface area contributed by atoms with Crippen LogP contribution >= 0.6 is 0 Å². The predicted octanol–water partition coefficient (Wildman–Crippen LogP) is 1.96. The van der Waals surface area contributed by atoms with Gasteiger partial charge >= 0.3 is 29.8 Å². The SMILES string of the molecule is COc1ccnc(C(=O)N[C@H]2COC(=O)[C@H](Cc3ccccc3)[C@@H](OC(=O)C(C)C)[C@H](C)OC2=O)c1OC(=O)[C@H](C)OC(C)=O. The van der Waals surface area contributed by atoms with Crippen LogP contribution in [0.1, 0.15) is 50.7 Å². The van der Waals surface area contributed by atoms with Crippen molar-refractivity contribution in [3.8, 4) is 11.5 Å². The normalized spacial score (nSPS) is 20.7. The van der Waals surface area contributed by atoms with Crippen LogP contribution in [0.2, 0.25) is 0 Å². The average Bonchev–Trinajstić information content (AvgIpc) is 3.03. The van der Waals surface area contributed by atoms with Gasteiger partial charge in [0.2, 0.25) is 5.75 Å². The van der Waals surface area contributed by atoms with E-state index in [0.29, 0.717) is 0 Å². The number of carbonyl (C=O) groups is 6. The summed E-state index contributed by atoms with van der Waals surface area (Å²) in [7, 11) is 1.26. The minimum Gasteiger partial charge on any atom is -0.493 e. The number of amides is 1. The van der Waals surface area contributed by atoms with Crippen LogP contribution in [0.4, 0.5) is 0 Å². The maximum absolute atomic E-state index is 13.4. The zero-order valence-electron chi connectivity index (χ0n) is 25.8. The predicted molar refractivity (Wildman–Crippen MR) is 154 cm³/mol. The van der Waals surface area contributed by atoms with E-state index in [2.05, 4.69) is 10.3 Å². The lowest BCUT2D eigenvalue weighted by molar-refractivity contribution is -0.176. The van der Waals surface area contributed by atoms with Crippen molar-refractivity contribution < 1.29 is 57.2 Å². The molecule has 0 radical (unpaired) electrons. The zero-order valence-corrected chi connectivity index (χ0v) is 25.8. The Kier molecular flexibility index (Phi) is 12.0. The van der Waals surface area contributed by atoms with Crippen LogP contribution in [0.5, 0.6) is 11.5 Å². The summed E-state index contributed by atoms with van der Waals surface area (Å²) in [5, 5.41) is 2.39. The fraction of sp³-hybridized carbons (Fsp3) is 0.452. The van der Waals surface area contributed by atoms with Gasteiger partial charge in [-0.05, 0) is 25.8 Å². The molecule has 1 aliphatic rings. The maximum atomic E-state index is 13.4. The third-order valence-corrected chi connectivity index (χ3v) is 6.65. The molecule has 1 aliphatic heterocycles. The van der Waals surface area contributed by atoms with Crippen molar-refractivity contribution in [1.29, 1.82) is 0 Å². The van der Waals surface area contributed by atoms with E-state index >= 15 is 0 Å². The van der Waals surface area contributed by atoms with Crippen LogP contribution in [0.3, 0.4) is 0 Å². The lowest BCUT2D eigenvalue weighted by atomic mass is 9.91. The molecule has 0 aliphatic carbocycles. The molecule has 1 saturated heterocycles. The number of cyclic esters (lactones) is 2. The molecule has 5 atom stereocenters. The fourth-order valence-corrected chi connectivity index (χ4v) is 4.31. The molecule has 0 spiro atoms. The van der Waals surface area contributed by atoms with Gasteiger partial charge in [-0.15, -0.1) is 0 Å². The van der Waals surface area contributed by atoms with Crippen LogP contribution in [0.25, 0.3) is 0 Å². The Morgan fingerprint density at radius 1 is 1.02 bits per heavy atom. The number of nitrogens with zero attached hydrogens (tertiary/aromatic N) is 1. The van der Waals surface area contributed by atoms with Crippen molar-refractivity contribution in [2.24, 2.45) is 11.8 Å². The number of nitrogens with one attached hydrogen (secondary N) is 1. The van der Waals surface area contributed by atoms with Crippen molar-refractivity contribution in [2.75, 3.05) is 13.7 Å². The van der Waals surface area contributed by atoms with Gasteiger partial charge in [0.15, 0.2) is 29.7 Å².